The van der Waals surface area contributed by atoms with Gasteiger partial charge in [-0.1, -0.05) is 145 Å². The highest BCUT2D eigenvalue weighted by molar-refractivity contribution is 7.85. The molecular weight excluding hydrogens is 570 g/mol. The van der Waals surface area contributed by atoms with Crippen LogP contribution in [0.4, 0.5) is 0 Å². The summed E-state index contributed by atoms with van der Waals surface area (Å²) >= 11 is 0. The molecule has 0 aromatic carbocycles. The molecule has 0 saturated carbocycles. The Kier molecular flexibility index (Phi) is 29.7. The van der Waals surface area contributed by atoms with Crippen LogP contribution in [0.5, 0.6) is 0 Å². The molecule has 0 radical (unpaired) electrons. The van der Waals surface area contributed by atoms with Gasteiger partial charge in [-0.3, -0.25) is 9.35 Å². The van der Waals surface area contributed by atoms with Crippen molar-refractivity contribution in [2.75, 3.05) is 5.75 Å². The second-order valence-electron chi connectivity index (χ2n) is 11.8. The summed E-state index contributed by atoms with van der Waals surface area (Å²) in [7, 11) is -4.32. The fraction of sp³-hybridized carbons (Fsp3) is 0.703. The molecule has 0 aliphatic rings. The molecule has 0 spiro atoms. The maximum absolute atomic E-state index is 12.4. The third-order valence-electron chi connectivity index (χ3n) is 7.49. The summed E-state index contributed by atoms with van der Waals surface area (Å²) in [5.74, 6) is -0.947. The third kappa shape index (κ3) is 31.5. The van der Waals surface area contributed by atoms with Crippen molar-refractivity contribution in [2.45, 2.75) is 161 Å². The van der Waals surface area contributed by atoms with E-state index in [2.05, 4.69) is 79.9 Å². The average Bonchev–Trinajstić information content (AvgIpc) is 2.98. The molecule has 3 N–H and O–H groups in total. The van der Waals surface area contributed by atoms with Gasteiger partial charge in [0.1, 0.15) is 0 Å². The summed E-state index contributed by atoms with van der Waals surface area (Å²) in [4.78, 5) is 12.4. The number of hydrogen-bond donors (Lipinski definition) is 3. The maximum Gasteiger partial charge on any atom is 0.266 e. The Morgan fingerprint density at radius 2 is 1.09 bits per heavy atom. The molecule has 0 aliphatic heterocycles. The molecular formula is C37H65NO5S. The molecule has 2 unspecified atom stereocenters. The number of hydrogen-bond acceptors (Lipinski definition) is 4. The molecule has 6 nitrogen and oxygen atoms in total. The van der Waals surface area contributed by atoms with Crippen LogP contribution in [0.2, 0.25) is 0 Å². The molecule has 254 valence electrons. The van der Waals surface area contributed by atoms with Crippen LogP contribution in [-0.4, -0.2) is 41.9 Å². The van der Waals surface area contributed by atoms with E-state index in [0.29, 0.717) is 12.8 Å². The molecule has 0 bridgehead atoms. The Labute approximate surface area is 271 Å². The van der Waals surface area contributed by atoms with Crippen LogP contribution < -0.4 is 5.32 Å². The lowest BCUT2D eigenvalue weighted by Crippen LogP contribution is -2.47. The van der Waals surface area contributed by atoms with E-state index in [0.717, 1.165) is 70.6 Å². The molecule has 0 aromatic rings. The number of allylic oxidation sites excluding steroid dienone is 10. The Morgan fingerprint density at radius 1 is 0.636 bits per heavy atom. The molecule has 44 heavy (non-hydrogen) atoms. The van der Waals surface area contributed by atoms with Gasteiger partial charge in [0.05, 0.1) is 17.9 Å². The zero-order valence-corrected chi connectivity index (χ0v) is 28.8. The summed E-state index contributed by atoms with van der Waals surface area (Å²) in [6.07, 6.45) is 41.7. The number of nitrogens with one attached hydrogen (secondary N) is 1. The predicted molar refractivity (Wildman–Crippen MR) is 188 cm³/mol. The molecule has 0 saturated heterocycles. The van der Waals surface area contributed by atoms with Gasteiger partial charge >= 0.3 is 0 Å². The summed E-state index contributed by atoms with van der Waals surface area (Å²) < 4.78 is 32.3. The first-order valence-corrected chi connectivity index (χ1v) is 19.1. The van der Waals surface area contributed by atoms with Crippen molar-refractivity contribution in [1.82, 2.24) is 5.32 Å². The van der Waals surface area contributed by atoms with Gasteiger partial charge in [0.2, 0.25) is 5.91 Å². The van der Waals surface area contributed by atoms with Crippen LogP contribution in [0, 0.1) is 0 Å². The van der Waals surface area contributed by atoms with E-state index >= 15 is 0 Å². The minimum atomic E-state index is -4.32. The minimum Gasteiger partial charge on any atom is -0.391 e. The van der Waals surface area contributed by atoms with Crippen LogP contribution >= 0.6 is 0 Å². The summed E-state index contributed by atoms with van der Waals surface area (Å²) in [5, 5.41) is 13.2. The highest BCUT2D eigenvalue weighted by Gasteiger charge is 2.26. The SMILES string of the molecule is CC/C=C\C/C=C\C/C=C\C/C=C\C/C=C\CCCCCC(=O)NC(CS(=O)(=O)O)C(O)CCCCCCCCCCCC. The van der Waals surface area contributed by atoms with E-state index in [1.54, 1.807) is 0 Å². The number of carbonyl (C=O) groups excluding carboxylic acids is 1. The van der Waals surface area contributed by atoms with Crippen molar-refractivity contribution in [1.29, 1.82) is 0 Å². The lowest BCUT2D eigenvalue weighted by Gasteiger charge is -2.23. The Morgan fingerprint density at radius 3 is 1.59 bits per heavy atom. The fourth-order valence-electron chi connectivity index (χ4n) is 4.89. The van der Waals surface area contributed by atoms with Gasteiger partial charge in [-0.25, -0.2) is 0 Å². The Balaban J connectivity index is 4.03. The quantitative estimate of drug-likeness (QED) is 0.0414. The number of amides is 1. The molecule has 0 aliphatic carbocycles. The van der Waals surface area contributed by atoms with E-state index in [1.165, 1.54) is 44.9 Å². The van der Waals surface area contributed by atoms with Crippen molar-refractivity contribution in [3.8, 4) is 0 Å². The normalized spacial score (nSPS) is 14.2. The molecule has 0 rings (SSSR count). The van der Waals surface area contributed by atoms with Gasteiger partial charge in [-0.15, -0.1) is 0 Å². The first-order valence-electron chi connectivity index (χ1n) is 17.5. The molecule has 0 fully saturated rings. The topological polar surface area (TPSA) is 104 Å². The predicted octanol–water partition coefficient (Wildman–Crippen LogP) is 9.73. The van der Waals surface area contributed by atoms with Gasteiger partial charge in [-0.05, 0) is 57.8 Å². The second kappa shape index (κ2) is 31.0. The largest absolute Gasteiger partial charge is 0.391 e. The number of aliphatic hydroxyl groups is 1. The monoisotopic (exact) mass is 635 g/mol. The molecule has 0 aromatic heterocycles. The van der Waals surface area contributed by atoms with Crippen LogP contribution in [0.25, 0.3) is 0 Å². The zero-order valence-electron chi connectivity index (χ0n) is 28.0. The maximum atomic E-state index is 12.4. The minimum absolute atomic E-state index is 0.276. The van der Waals surface area contributed by atoms with Crippen molar-refractivity contribution in [3.05, 3.63) is 60.8 Å². The summed E-state index contributed by atoms with van der Waals surface area (Å²) in [6.45, 7) is 4.36. The molecule has 7 heteroatoms. The Hall–Kier alpha value is -1.96. The van der Waals surface area contributed by atoms with Crippen molar-refractivity contribution < 1.29 is 22.9 Å². The van der Waals surface area contributed by atoms with Gasteiger partial charge in [0.15, 0.2) is 0 Å². The Bertz CT molecular complexity index is 920. The lowest BCUT2D eigenvalue weighted by molar-refractivity contribution is -0.122. The van der Waals surface area contributed by atoms with Gasteiger partial charge < -0.3 is 10.4 Å². The van der Waals surface area contributed by atoms with E-state index in [1.807, 2.05) is 0 Å². The van der Waals surface area contributed by atoms with Crippen molar-refractivity contribution in [3.63, 3.8) is 0 Å². The number of carbonyl (C=O) groups is 1. The average molecular weight is 636 g/mol. The first-order chi connectivity index (χ1) is 21.3. The number of aliphatic hydroxyl groups excluding tert-OH is 1. The van der Waals surface area contributed by atoms with E-state index in [-0.39, 0.29) is 12.3 Å². The van der Waals surface area contributed by atoms with Crippen LogP contribution in [0.1, 0.15) is 149 Å². The van der Waals surface area contributed by atoms with Crippen LogP contribution in [0.3, 0.4) is 0 Å². The summed E-state index contributed by atoms with van der Waals surface area (Å²) in [6, 6.07) is -0.989. The molecule has 0 heterocycles. The van der Waals surface area contributed by atoms with Gasteiger partial charge in [-0.2, -0.15) is 8.42 Å². The fourth-order valence-corrected chi connectivity index (χ4v) is 5.65. The van der Waals surface area contributed by atoms with Crippen LogP contribution in [-0.2, 0) is 14.9 Å². The molecule has 2 atom stereocenters. The first kappa shape index (κ1) is 42.0. The smallest absolute Gasteiger partial charge is 0.266 e. The van der Waals surface area contributed by atoms with Crippen molar-refractivity contribution in [2.24, 2.45) is 0 Å². The molecule has 1 amide bonds. The summed E-state index contributed by atoms with van der Waals surface area (Å²) in [5.41, 5.74) is 0. The van der Waals surface area contributed by atoms with Gasteiger partial charge in [0, 0.05) is 6.42 Å². The highest BCUT2D eigenvalue weighted by atomic mass is 32.2. The van der Waals surface area contributed by atoms with E-state index in [4.69, 9.17) is 0 Å². The van der Waals surface area contributed by atoms with Crippen molar-refractivity contribution >= 4 is 16.0 Å². The van der Waals surface area contributed by atoms with E-state index in [9.17, 15) is 22.9 Å². The zero-order chi connectivity index (χ0) is 32.6. The number of unbranched alkanes of at least 4 members (excludes halogenated alkanes) is 12. The highest BCUT2D eigenvalue weighted by Crippen LogP contribution is 2.14. The number of rotatable bonds is 30. The standard InChI is InChI=1S/C37H65NO5S/c1-3-5-7-9-11-13-15-16-17-18-19-20-21-22-23-25-27-29-31-33-37(40)38-35(34-44(41,42)43)36(39)32-30-28-26-24-14-12-10-8-6-4-2/h5,7,11,13,16-17,19-20,22-23,35-36,39H,3-4,6,8-10,12,14-15,18,21,24-34H2,1-2H3,(H,38,40)(H,41,42,43)/b7-5-,13-11-,17-16-,20-19-,23-22-. The van der Waals surface area contributed by atoms with E-state index < -0.39 is 28.0 Å². The second-order valence-corrected chi connectivity index (χ2v) is 13.3. The third-order valence-corrected chi connectivity index (χ3v) is 8.27. The lowest BCUT2D eigenvalue weighted by atomic mass is 10.0. The van der Waals surface area contributed by atoms with Crippen LogP contribution in [0.15, 0.2) is 60.8 Å². The van der Waals surface area contributed by atoms with Gasteiger partial charge in [0.25, 0.3) is 10.1 Å².